The monoisotopic (exact) mass is 185 g/mol. The molecule has 0 rings (SSSR count). The summed E-state index contributed by atoms with van der Waals surface area (Å²) in [5, 5.41) is 1.20. The molecular formula is C10H19NO2. The fourth-order valence-electron chi connectivity index (χ4n) is 0.809. The Morgan fingerprint density at radius 2 is 2.15 bits per heavy atom. The Bertz CT molecular complexity index is 176. The van der Waals surface area contributed by atoms with E-state index in [-0.39, 0.29) is 5.91 Å². The number of likely N-dealkylation sites (N-methyl/N-ethyl adjacent to an activating group) is 1. The van der Waals surface area contributed by atoms with Crippen LogP contribution in [-0.4, -0.2) is 25.1 Å². The van der Waals surface area contributed by atoms with Gasteiger partial charge in [-0.2, -0.15) is 0 Å². The summed E-state index contributed by atoms with van der Waals surface area (Å²) in [7, 11) is 3.06. The van der Waals surface area contributed by atoms with Gasteiger partial charge in [0.25, 0.3) is 5.91 Å². The van der Waals surface area contributed by atoms with Crippen LogP contribution in [0.15, 0.2) is 12.2 Å². The average Bonchev–Trinajstić information content (AvgIpc) is 2.10. The van der Waals surface area contributed by atoms with Gasteiger partial charge in [0.2, 0.25) is 0 Å². The summed E-state index contributed by atoms with van der Waals surface area (Å²) in [6, 6.07) is 0. The van der Waals surface area contributed by atoms with Gasteiger partial charge >= 0.3 is 0 Å². The smallest absolute Gasteiger partial charge is 0.269 e. The second kappa shape index (κ2) is 6.66. The highest BCUT2D eigenvalue weighted by atomic mass is 16.7. The molecule has 0 saturated carbocycles. The Kier molecular flexibility index (Phi) is 6.24. The van der Waals surface area contributed by atoms with Gasteiger partial charge in [-0.3, -0.25) is 9.63 Å². The van der Waals surface area contributed by atoms with Crippen LogP contribution in [0.25, 0.3) is 0 Å². The molecule has 0 aromatic carbocycles. The summed E-state index contributed by atoms with van der Waals surface area (Å²) in [6.07, 6.45) is 5.49. The van der Waals surface area contributed by atoms with Gasteiger partial charge in [0.15, 0.2) is 0 Å². The summed E-state index contributed by atoms with van der Waals surface area (Å²) in [5.41, 5.74) is 0. The zero-order valence-electron chi connectivity index (χ0n) is 8.91. The van der Waals surface area contributed by atoms with E-state index in [2.05, 4.69) is 13.8 Å². The molecule has 0 spiro atoms. The van der Waals surface area contributed by atoms with E-state index in [0.717, 1.165) is 12.8 Å². The molecule has 0 fully saturated rings. The Labute approximate surface area is 80.3 Å². The second-order valence-corrected chi connectivity index (χ2v) is 3.39. The minimum Gasteiger partial charge on any atom is -0.274 e. The summed E-state index contributed by atoms with van der Waals surface area (Å²) in [4.78, 5) is 15.9. The molecule has 76 valence electrons. The van der Waals surface area contributed by atoms with Crippen LogP contribution in [0, 0.1) is 5.92 Å². The van der Waals surface area contributed by atoms with E-state index in [0.29, 0.717) is 5.92 Å². The minimum absolute atomic E-state index is 0.119. The van der Waals surface area contributed by atoms with Crippen molar-refractivity contribution in [2.24, 2.45) is 5.92 Å². The van der Waals surface area contributed by atoms with Crippen molar-refractivity contribution in [3.63, 3.8) is 0 Å². The molecule has 0 unspecified atom stereocenters. The molecule has 0 radical (unpaired) electrons. The highest BCUT2D eigenvalue weighted by molar-refractivity contribution is 5.86. The minimum atomic E-state index is -0.119. The first-order valence-corrected chi connectivity index (χ1v) is 4.56. The van der Waals surface area contributed by atoms with Crippen molar-refractivity contribution in [3.8, 4) is 0 Å². The van der Waals surface area contributed by atoms with Crippen LogP contribution in [0.5, 0.6) is 0 Å². The standard InChI is InChI=1S/C10H19NO2/c1-9(2)7-5-6-8-10(12)11(3)13-4/h6,8-9H,5,7H2,1-4H3/b8-6+. The molecule has 0 aliphatic rings. The maximum Gasteiger partial charge on any atom is 0.269 e. The molecule has 0 aliphatic heterocycles. The van der Waals surface area contributed by atoms with Crippen LogP contribution >= 0.6 is 0 Å². The Morgan fingerprint density at radius 3 is 2.62 bits per heavy atom. The van der Waals surface area contributed by atoms with E-state index < -0.39 is 0 Å². The lowest BCUT2D eigenvalue weighted by Gasteiger charge is -2.10. The van der Waals surface area contributed by atoms with E-state index in [1.165, 1.54) is 12.2 Å². The third-order valence-corrected chi connectivity index (χ3v) is 1.76. The van der Waals surface area contributed by atoms with Gasteiger partial charge in [-0.25, -0.2) is 5.06 Å². The summed E-state index contributed by atoms with van der Waals surface area (Å²) in [5.74, 6) is 0.561. The molecule has 0 N–H and O–H groups in total. The van der Waals surface area contributed by atoms with E-state index >= 15 is 0 Å². The van der Waals surface area contributed by atoms with Crippen molar-refractivity contribution in [1.82, 2.24) is 5.06 Å². The number of nitrogens with zero attached hydrogens (tertiary/aromatic N) is 1. The molecule has 0 heterocycles. The number of carbonyl (C=O) groups excluding carboxylic acids is 1. The number of hydroxylamine groups is 2. The average molecular weight is 185 g/mol. The van der Waals surface area contributed by atoms with Gasteiger partial charge in [-0.15, -0.1) is 0 Å². The van der Waals surface area contributed by atoms with Crippen molar-refractivity contribution in [2.75, 3.05) is 14.2 Å². The molecule has 1 amide bonds. The maximum absolute atomic E-state index is 11.1. The Morgan fingerprint density at radius 1 is 1.54 bits per heavy atom. The number of rotatable bonds is 5. The normalized spacial score (nSPS) is 11.2. The number of allylic oxidation sites excluding steroid dienone is 1. The zero-order chi connectivity index (χ0) is 10.3. The fourth-order valence-corrected chi connectivity index (χ4v) is 0.809. The van der Waals surface area contributed by atoms with Crippen LogP contribution in [0.2, 0.25) is 0 Å². The first kappa shape index (κ1) is 12.2. The van der Waals surface area contributed by atoms with Gasteiger partial charge in [-0.1, -0.05) is 19.9 Å². The molecule has 3 heteroatoms. The SMILES string of the molecule is CON(C)C(=O)/C=C/CCC(C)C. The van der Waals surface area contributed by atoms with Crippen LogP contribution in [-0.2, 0) is 9.63 Å². The molecule has 0 saturated heterocycles. The Balaban J connectivity index is 3.65. The third-order valence-electron chi connectivity index (χ3n) is 1.76. The van der Waals surface area contributed by atoms with Crippen molar-refractivity contribution < 1.29 is 9.63 Å². The first-order valence-electron chi connectivity index (χ1n) is 4.56. The molecule has 3 nitrogen and oxygen atoms in total. The molecule has 0 bridgehead atoms. The predicted octanol–water partition coefficient (Wildman–Crippen LogP) is 2.00. The van der Waals surface area contributed by atoms with Crippen molar-refractivity contribution in [3.05, 3.63) is 12.2 Å². The number of amides is 1. The topological polar surface area (TPSA) is 29.5 Å². The lowest BCUT2D eigenvalue weighted by molar-refractivity contribution is -0.162. The highest BCUT2D eigenvalue weighted by Crippen LogP contribution is 2.03. The van der Waals surface area contributed by atoms with Gasteiger partial charge in [0.1, 0.15) is 0 Å². The quantitative estimate of drug-likeness (QED) is 0.484. The Hall–Kier alpha value is -0.830. The molecular weight excluding hydrogens is 166 g/mol. The lowest BCUT2D eigenvalue weighted by Crippen LogP contribution is -2.23. The highest BCUT2D eigenvalue weighted by Gasteiger charge is 2.01. The summed E-state index contributed by atoms with van der Waals surface area (Å²) in [6.45, 7) is 4.33. The number of carbonyl (C=O) groups is 1. The second-order valence-electron chi connectivity index (χ2n) is 3.39. The maximum atomic E-state index is 11.1. The van der Waals surface area contributed by atoms with E-state index in [4.69, 9.17) is 4.84 Å². The van der Waals surface area contributed by atoms with Gasteiger partial charge in [0, 0.05) is 13.1 Å². The first-order chi connectivity index (χ1) is 6.07. The van der Waals surface area contributed by atoms with Crippen LogP contribution in [0.1, 0.15) is 26.7 Å². The lowest BCUT2D eigenvalue weighted by atomic mass is 10.1. The largest absolute Gasteiger partial charge is 0.274 e. The summed E-state index contributed by atoms with van der Waals surface area (Å²) < 4.78 is 0. The fraction of sp³-hybridized carbons (Fsp3) is 0.700. The van der Waals surface area contributed by atoms with Crippen LogP contribution in [0.4, 0.5) is 0 Å². The van der Waals surface area contributed by atoms with Gasteiger partial charge in [-0.05, 0) is 18.8 Å². The van der Waals surface area contributed by atoms with Crippen LogP contribution in [0.3, 0.4) is 0 Å². The van der Waals surface area contributed by atoms with Crippen molar-refractivity contribution in [2.45, 2.75) is 26.7 Å². The third kappa shape index (κ3) is 6.34. The zero-order valence-corrected chi connectivity index (χ0v) is 8.91. The molecule has 13 heavy (non-hydrogen) atoms. The van der Waals surface area contributed by atoms with Gasteiger partial charge in [0.05, 0.1) is 7.11 Å². The molecule has 0 atom stereocenters. The summed E-state index contributed by atoms with van der Waals surface area (Å²) >= 11 is 0. The van der Waals surface area contributed by atoms with Crippen molar-refractivity contribution in [1.29, 1.82) is 0 Å². The molecule has 0 aromatic heterocycles. The van der Waals surface area contributed by atoms with E-state index in [1.54, 1.807) is 13.1 Å². The van der Waals surface area contributed by atoms with E-state index in [1.807, 2.05) is 6.08 Å². The molecule has 0 aliphatic carbocycles. The van der Waals surface area contributed by atoms with Gasteiger partial charge < -0.3 is 0 Å². The number of hydrogen-bond donors (Lipinski definition) is 0. The molecule has 0 aromatic rings. The van der Waals surface area contributed by atoms with Crippen molar-refractivity contribution >= 4 is 5.91 Å². The van der Waals surface area contributed by atoms with Crippen LogP contribution < -0.4 is 0 Å². The predicted molar refractivity (Wildman–Crippen MR) is 53.0 cm³/mol. The number of hydrogen-bond acceptors (Lipinski definition) is 2. The van der Waals surface area contributed by atoms with E-state index in [9.17, 15) is 4.79 Å².